The van der Waals surface area contributed by atoms with Crippen molar-refractivity contribution in [2.24, 2.45) is 0 Å². The normalized spacial score (nSPS) is 10.7. The molecule has 18 heavy (non-hydrogen) atoms. The number of rotatable bonds is 7. The molecule has 2 heterocycles. The van der Waals surface area contributed by atoms with E-state index in [4.69, 9.17) is 4.74 Å². The van der Waals surface area contributed by atoms with Crippen molar-refractivity contribution in [1.29, 1.82) is 0 Å². The van der Waals surface area contributed by atoms with Crippen LogP contribution in [0.15, 0.2) is 36.9 Å². The average molecular weight is 246 g/mol. The lowest BCUT2D eigenvalue weighted by Crippen LogP contribution is -2.21. The van der Waals surface area contributed by atoms with Crippen molar-refractivity contribution in [2.75, 3.05) is 20.3 Å². The molecule has 0 saturated heterocycles. The number of aromatic nitrogens is 3. The van der Waals surface area contributed by atoms with Crippen molar-refractivity contribution in [3.05, 3.63) is 48.3 Å². The van der Waals surface area contributed by atoms with Crippen LogP contribution in [-0.4, -0.2) is 34.8 Å². The number of pyridine rings is 1. The number of ether oxygens (including phenoxy) is 1. The molecule has 96 valence electrons. The number of methoxy groups -OCH3 is 1. The second kappa shape index (κ2) is 6.88. The van der Waals surface area contributed by atoms with E-state index in [9.17, 15) is 0 Å². The maximum Gasteiger partial charge on any atom is 0.122 e. The van der Waals surface area contributed by atoms with Crippen molar-refractivity contribution in [1.82, 2.24) is 19.9 Å². The second-order valence-electron chi connectivity index (χ2n) is 4.00. The zero-order valence-corrected chi connectivity index (χ0v) is 10.5. The van der Waals surface area contributed by atoms with Crippen LogP contribution in [-0.2, 0) is 17.8 Å². The highest BCUT2D eigenvalue weighted by molar-refractivity contribution is 5.11. The van der Waals surface area contributed by atoms with E-state index in [1.807, 2.05) is 36.9 Å². The van der Waals surface area contributed by atoms with Crippen LogP contribution >= 0.6 is 0 Å². The smallest absolute Gasteiger partial charge is 0.122 e. The summed E-state index contributed by atoms with van der Waals surface area (Å²) in [7, 11) is 1.70. The van der Waals surface area contributed by atoms with Crippen LogP contribution in [0.25, 0.3) is 0 Å². The summed E-state index contributed by atoms with van der Waals surface area (Å²) >= 11 is 0. The van der Waals surface area contributed by atoms with Gasteiger partial charge in [0, 0.05) is 45.0 Å². The van der Waals surface area contributed by atoms with Gasteiger partial charge in [0.15, 0.2) is 0 Å². The minimum atomic E-state index is 0.713. The summed E-state index contributed by atoms with van der Waals surface area (Å²) in [6, 6.07) is 4.03. The number of imidazole rings is 1. The fourth-order valence-electron chi connectivity index (χ4n) is 1.71. The SMILES string of the molecule is COCCNCc1nccn1Cc1ccncc1. The quantitative estimate of drug-likeness (QED) is 0.742. The van der Waals surface area contributed by atoms with Gasteiger partial charge >= 0.3 is 0 Å². The molecule has 0 spiro atoms. The van der Waals surface area contributed by atoms with E-state index >= 15 is 0 Å². The monoisotopic (exact) mass is 246 g/mol. The van der Waals surface area contributed by atoms with E-state index in [0.29, 0.717) is 6.61 Å². The predicted molar refractivity (Wildman–Crippen MR) is 69.1 cm³/mol. The standard InChI is InChI=1S/C13H18N4O/c1-18-9-7-15-10-13-16-6-8-17(13)11-12-2-4-14-5-3-12/h2-6,8,15H,7,9-11H2,1H3. The van der Waals surface area contributed by atoms with Crippen LogP contribution in [0, 0.1) is 0 Å². The first-order chi connectivity index (χ1) is 8.90. The van der Waals surface area contributed by atoms with Gasteiger partial charge < -0.3 is 14.6 Å². The highest BCUT2D eigenvalue weighted by atomic mass is 16.5. The Morgan fingerprint density at radius 3 is 2.89 bits per heavy atom. The lowest BCUT2D eigenvalue weighted by Gasteiger charge is -2.08. The fraction of sp³-hybridized carbons (Fsp3) is 0.385. The molecule has 0 fully saturated rings. The van der Waals surface area contributed by atoms with Gasteiger partial charge in [0.1, 0.15) is 5.82 Å². The molecule has 5 nitrogen and oxygen atoms in total. The first kappa shape index (κ1) is 12.7. The molecule has 0 aliphatic heterocycles. The summed E-state index contributed by atoms with van der Waals surface area (Å²) in [4.78, 5) is 8.37. The molecule has 0 aromatic carbocycles. The number of hydrogen-bond donors (Lipinski definition) is 1. The molecule has 5 heteroatoms. The third-order valence-electron chi connectivity index (χ3n) is 2.67. The first-order valence-corrected chi connectivity index (χ1v) is 5.98. The van der Waals surface area contributed by atoms with Crippen molar-refractivity contribution < 1.29 is 4.74 Å². The van der Waals surface area contributed by atoms with Gasteiger partial charge in [-0.2, -0.15) is 0 Å². The van der Waals surface area contributed by atoms with Gasteiger partial charge in [-0.1, -0.05) is 0 Å². The zero-order valence-electron chi connectivity index (χ0n) is 10.5. The van der Waals surface area contributed by atoms with E-state index in [0.717, 1.165) is 25.5 Å². The second-order valence-corrected chi connectivity index (χ2v) is 4.00. The van der Waals surface area contributed by atoms with Gasteiger partial charge in [-0.25, -0.2) is 4.98 Å². The highest BCUT2D eigenvalue weighted by Crippen LogP contribution is 2.04. The van der Waals surface area contributed by atoms with Crippen molar-refractivity contribution in [2.45, 2.75) is 13.1 Å². The predicted octanol–water partition coefficient (Wildman–Crippen LogP) is 1.06. The summed E-state index contributed by atoms with van der Waals surface area (Å²) < 4.78 is 7.12. The lowest BCUT2D eigenvalue weighted by molar-refractivity contribution is 0.199. The van der Waals surface area contributed by atoms with Gasteiger partial charge in [-0.05, 0) is 17.7 Å². The van der Waals surface area contributed by atoms with Gasteiger partial charge in [-0.3, -0.25) is 4.98 Å². The van der Waals surface area contributed by atoms with E-state index in [1.54, 1.807) is 7.11 Å². The Morgan fingerprint density at radius 2 is 2.11 bits per heavy atom. The van der Waals surface area contributed by atoms with Crippen LogP contribution in [0.4, 0.5) is 0 Å². The highest BCUT2D eigenvalue weighted by Gasteiger charge is 2.02. The maximum absolute atomic E-state index is 4.99. The molecule has 0 saturated carbocycles. The Kier molecular flexibility index (Phi) is 4.87. The Morgan fingerprint density at radius 1 is 1.28 bits per heavy atom. The van der Waals surface area contributed by atoms with E-state index in [2.05, 4.69) is 19.9 Å². The lowest BCUT2D eigenvalue weighted by atomic mass is 10.2. The Bertz CT molecular complexity index is 455. The van der Waals surface area contributed by atoms with E-state index in [-0.39, 0.29) is 0 Å². The molecule has 0 amide bonds. The van der Waals surface area contributed by atoms with Gasteiger partial charge in [0.2, 0.25) is 0 Å². The molecule has 0 atom stereocenters. The average Bonchev–Trinajstić information content (AvgIpc) is 2.83. The molecule has 0 bridgehead atoms. The van der Waals surface area contributed by atoms with Crippen LogP contribution in [0.1, 0.15) is 11.4 Å². The van der Waals surface area contributed by atoms with Crippen molar-refractivity contribution in [3.63, 3.8) is 0 Å². The minimum Gasteiger partial charge on any atom is -0.383 e. The van der Waals surface area contributed by atoms with Crippen LogP contribution in [0.3, 0.4) is 0 Å². The number of hydrogen-bond acceptors (Lipinski definition) is 4. The van der Waals surface area contributed by atoms with Crippen LogP contribution < -0.4 is 5.32 Å². The minimum absolute atomic E-state index is 0.713. The first-order valence-electron chi connectivity index (χ1n) is 5.98. The molecule has 0 aliphatic rings. The van der Waals surface area contributed by atoms with E-state index < -0.39 is 0 Å². The maximum atomic E-state index is 4.99. The Balaban J connectivity index is 1.91. The molecule has 0 aliphatic carbocycles. The molecule has 1 N–H and O–H groups in total. The van der Waals surface area contributed by atoms with Crippen LogP contribution in [0.5, 0.6) is 0 Å². The largest absolute Gasteiger partial charge is 0.383 e. The summed E-state index contributed by atoms with van der Waals surface area (Å²) in [6.45, 7) is 3.12. The summed E-state index contributed by atoms with van der Waals surface area (Å²) in [5.74, 6) is 1.03. The fourth-order valence-corrected chi connectivity index (χ4v) is 1.71. The Labute approximate surface area is 107 Å². The topological polar surface area (TPSA) is 52.0 Å². The van der Waals surface area contributed by atoms with Gasteiger partial charge in [0.05, 0.1) is 13.2 Å². The zero-order chi connectivity index (χ0) is 12.6. The Hall–Kier alpha value is -1.72. The van der Waals surface area contributed by atoms with Gasteiger partial charge in [-0.15, -0.1) is 0 Å². The summed E-state index contributed by atoms with van der Waals surface area (Å²) in [6.07, 6.45) is 7.44. The number of nitrogens with one attached hydrogen (secondary N) is 1. The van der Waals surface area contributed by atoms with Crippen molar-refractivity contribution in [3.8, 4) is 0 Å². The molecular weight excluding hydrogens is 228 g/mol. The van der Waals surface area contributed by atoms with E-state index in [1.165, 1.54) is 5.56 Å². The molecule has 0 unspecified atom stereocenters. The molecule has 2 aromatic rings. The third kappa shape index (κ3) is 3.65. The third-order valence-corrected chi connectivity index (χ3v) is 2.67. The molecular formula is C13H18N4O. The molecule has 2 aromatic heterocycles. The summed E-state index contributed by atoms with van der Waals surface area (Å²) in [5.41, 5.74) is 1.22. The van der Waals surface area contributed by atoms with Crippen LogP contribution in [0.2, 0.25) is 0 Å². The van der Waals surface area contributed by atoms with Gasteiger partial charge in [0.25, 0.3) is 0 Å². The summed E-state index contributed by atoms with van der Waals surface area (Å²) in [5, 5.41) is 3.29. The number of nitrogens with zero attached hydrogens (tertiary/aromatic N) is 3. The molecule has 0 radical (unpaired) electrons. The molecule has 2 rings (SSSR count). The van der Waals surface area contributed by atoms with Crippen molar-refractivity contribution >= 4 is 0 Å².